The predicted molar refractivity (Wildman–Crippen MR) is 22.8 cm³/mol. The first kappa shape index (κ1) is 36.5. The van der Waals surface area contributed by atoms with Crippen LogP contribution in [0.2, 0.25) is 0 Å². The molecule has 12 heavy (non-hydrogen) atoms. The smallest absolute Gasteiger partial charge is 2.00 e. The molecule has 0 amide bonds. The Hall–Kier alpha value is 2.56. The molecule has 12 heteroatoms. The van der Waals surface area contributed by atoms with Crippen LogP contribution < -0.4 is 30.1 Å². The molecule has 0 aliphatic heterocycles. The average Bonchev–Trinajstić information content (AvgIpc) is 1.25. The summed E-state index contributed by atoms with van der Waals surface area (Å²) in [5.41, 5.74) is 0. The van der Waals surface area contributed by atoms with Crippen molar-refractivity contribution in [3.8, 4) is 0 Å². The van der Waals surface area contributed by atoms with E-state index in [9.17, 15) is 0 Å². The molecule has 0 saturated heterocycles. The van der Waals surface area contributed by atoms with Crippen LogP contribution in [0.5, 0.6) is 0 Å². The van der Waals surface area contributed by atoms with Crippen LogP contribution in [0, 0.1) is 0 Å². The maximum Gasteiger partial charge on any atom is 2.00 e. The molecule has 0 atom stereocenters. The summed E-state index contributed by atoms with van der Waals surface area (Å²) in [5.74, 6) is 0. The number of rotatable bonds is 0. The van der Waals surface area contributed by atoms with E-state index in [4.69, 9.17) is 30.1 Å². The van der Waals surface area contributed by atoms with Gasteiger partial charge in [-0.05, 0) is 0 Å². The number of hydrogen-bond donors (Lipinski definition) is 0. The van der Waals surface area contributed by atoms with Crippen LogP contribution in [0.15, 0.2) is 0 Å². The summed E-state index contributed by atoms with van der Waals surface area (Å²) in [6.07, 6.45) is 0. The van der Waals surface area contributed by atoms with E-state index in [2.05, 4.69) is 0 Å². The van der Waals surface area contributed by atoms with E-state index in [1.807, 2.05) is 0 Å². The van der Waals surface area contributed by atoms with Crippen LogP contribution in [-0.4, -0.2) is 38.6 Å². The van der Waals surface area contributed by atoms with Gasteiger partial charge in [0.15, 0.2) is 0 Å². The second-order valence-electron chi connectivity index (χ2n) is 0.577. The molecule has 6 nitrogen and oxygen atoms in total. The third-order valence-electron chi connectivity index (χ3n) is 0. The van der Waals surface area contributed by atoms with Gasteiger partial charge in [-0.2, -0.15) is 0 Å². The van der Waals surface area contributed by atoms with Gasteiger partial charge in [0, 0.05) is 0 Å². The molecular weight excluding hydrogens is 432 g/mol. The zero-order chi connectivity index (χ0) is 7.15. The van der Waals surface area contributed by atoms with Crippen molar-refractivity contribution in [3.05, 3.63) is 0 Å². The molecule has 0 bridgehead atoms. The Morgan fingerprint density at radius 3 is 0.500 bits per heavy atom. The molecule has 56 valence electrons. The fraction of sp³-hybridized carbons (Fsp3) is 0. The standard InChI is InChI=1S/2BO3.Sn.3Zn.4H/c2*2-1(3)4;;;;;;;;/q2*-3;;3*+2;;;;. The third-order valence-corrected chi connectivity index (χ3v) is 0. The molecule has 0 aliphatic rings. The summed E-state index contributed by atoms with van der Waals surface area (Å²) in [7, 11) is -5.83. The van der Waals surface area contributed by atoms with Crippen molar-refractivity contribution < 1.29 is 88.6 Å². The maximum absolute atomic E-state index is 8.42. The van der Waals surface area contributed by atoms with Crippen molar-refractivity contribution in [3.63, 3.8) is 0 Å². The molecule has 0 aromatic heterocycles. The normalized spacial score (nSPS) is 4.50. The quantitative estimate of drug-likeness (QED) is 0.346. The Morgan fingerprint density at radius 1 is 0.500 bits per heavy atom. The van der Waals surface area contributed by atoms with E-state index in [0.29, 0.717) is 0 Å². The average molecular weight is 437 g/mol. The molecule has 0 saturated carbocycles. The Bertz CT molecular complexity index is 36.3. The van der Waals surface area contributed by atoms with Gasteiger partial charge in [0.2, 0.25) is 0 Å². The zero-order valence-corrected chi connectivity index (χ0v) is 14.6. The van der Waals surface area contributed by atoms with Gasteiger partial charge in [0.25, 0.3) is 0 Å². The van der Waals surface area contributed by atoms with Crippen LogP contribution in [0.4, 0.5) is 0 Å². The minimum atomic E-state index is -2.92. The van der Waals surface area contributed by atoms with Gasteiger partial charge >= 0.3 is 82.3 Å². The molecular formula is H4B2O6SnZn3. The fourth-order valence-electron chi connectivity index (χ4n) is 0. The molecule has 0 aromatic carbocycles. The van der Waals surface area contributed by atoms with Crippen molar-refractivity contribution >= 4 is 38.6 Å². The van der Waals surface area contributed by atoms with Gasteiger partial charge in [-0.1, -0.05) is 0 Å². The molecule has 0 aliphatic carbocycles. The van der Waals surface area contributed by atoms with Crippen LogP contribution in [0.1, 0.15) is 0 Å². The largest absolute Gasteiger partial charge is 2.00 e. The summed E-state index contributed by atoms with van der Waals surface area (Å²) in [6, 6.07) is 0. The second-order valence-corrected chi connectivity index (χ2v) is 0.577. The molecule has 0 unspecified atom stereocenters. The first-order chi connectivity index (χ1) is 3.46. The van der Waals surface area contributed by atoms with Crippen LogP contribution >= 0.6 is 0 Å². The molecule has 0 spiro atoms. The summed E-state index contributed by atoms with van der Waals surface area (Å²) in [6.45, 7) is 0. The molecule has 0 heterocycles. The molecule has 0 fully saturated rings. The Morgan fingerprint density at radius 2 is 0.500 bits per heavy atom. The molecule has 0 aromatic rings. The van der Waals surface area contributed by atoms with Gasteiger partial charge in [-0.3, -0.25) is 14.6 Å². The van der Waals surface area contributed by atoms with Crippen molar-refractivity contribution in [2.24, 2.45) is 0 Å². The van der Waals surface area contributed by atoms with Crippen LogP contribution in [0.25, 0.3) is 0 Å². The maximum atomic E-state index is 8.42. The van der Waals surface area contributed by atoms with E-state index >= 15 is 0 Å². The van der Waals surface area contributed by atoms with Gasteiger partial charge in [0.05, 0.1) is 0 Å². The minimum Gasteiger partial charge on any atom is 2.00 e. The van der Waals surface area contributed by atoms with Gasteiger partial charge < -0.3 is 30.1 Å². The van der Waals surface area contributed by atoms with E-state index in [1.54, 1.807) is 0 Å². The first-order valence-electron chi connectivity index (χ1n) is 1.41. The molecule has 0 rings (SSSR count). The Labute approximate surface area is 126 Å². The Kier molecular flexibility index (Phi) is 88.9. The monoisotopic (exact) mass is 434 g/mol. The Balaban J connectivity index is -0.0000000112. The summed E-state index contributed by atoms with van der Waals surface area (Å²) < 4.78 is 0. The molecule has 0 radical (unpaired) electrons. The van der Waals surface area contributed by atoms with Gasteiger partial charge in [0.1, 0.15) is 0 Å². The van der Waals surface area contributed by atoms with Crippen molar-refractivity contribution in [1.29, 1.82) is 0 Å². The second kappa shape index (κ2) is 29.2. The van der Waals surface area contributed by atoms with Crippen molar-refractivity contribution in [1.82, 2.24) is 0 Å². The first-order valence-corrected chi connectivity index (χ1v) is 1.41. The zero-order valence-electron chi connectivity index (χ0n) is 5.73. The van der Waals surface area contributed by atoms with Crippen LogP contribution in [-0.2, 0) is 58.4 Å². The summed E-state index contributed by atoms with van der Waals surface area (Å²) >= 11 is 0. The third kappa shape index (κ3) is 256. The van der Waals surface area contributed by atoms with Crippen molar-refractivity contribution in [2.75, 3.05) is 0 Å². The predicted octanol–water partition coefficient (Wildman–Crippen LogP) is -9.35. The van der Waals surface area contributed by atoms with E-state index < -0.39 is 14.6 Å². The van der Waals surface area contributed by atoms with Gasteiger partial charge in [-0.15, -0.1) is 0 Å². The minimum absolute atomic E-state index is 0. The summed E-state index contributed by atoms with van der Waals surface area (Å²) in [5, 5.41) is 50.5. The summed E-state index contributed by atoms with van der Waals surface area (Å²) in [4.78, 5) is 0. The van der Waals surface area contributed by atoms with Gasteiger partial charge in [-0.25, -0.2) is 0 Å². The van der Waals surface area contributed by atoms with E-state index in [1.165, 1.54) is 0 Å². The number of hydrogen-bond acceptors (Lipinski definition) is 6. The van der Waals surface area contributed by atoms with E-state index in [-0.39, 0.29) is 82.3 Å². The van der Waals surface area contributed by atoms with Crippen LogP contribution in [0.3, 0.4) is 0 Å². The molecule has 0 N–H and O–H groups in total. The fourth-order valence-corrected chi connectivity index (χ4v) is 0. The SMILES string of the molecule is [O-]B([O-])[O-].[O-]B([O-])[O-].[SnH4].[Zn+2].[Zn+2].[Zn+2]. The topological polar surface area (TPSA) is 138 Å². The van der Waals surface area contributed by atoms with E-state index in [0.717, 1.165) is 0 Å². The van der Waals surface area contributed by atoms with Crippen molar-refractivity contribution in [2.45, 2.75) is 0 Å².